The third-order valence-corrected chi connectivity index (χ3v) is 3.45. The molecule has 0 saturated heterocycles. The molecule has 19 heavy (non-hydrogen) atoms. The highest BCUT2D eigenvalue weighted by atomic mass is 35.5. The second kappa shape index (κ2) is 5.91. The molecule has 0 saturated carbocycles. The molecule has 0 heterocycles. The van der Waals surface area contributed by atoms with E-state index >= 15 is 0 Å². The molecule has 4 heteroatoms. The van der Waals surface area contributed by atoms with Crippen LogP contribution in [0.4, 0.5) is 4.39 Å². The van der Waals surface area contributed by atoms with Gasteiger partial charge in [0.2, 0.25) is 0 Å². The summed E-state index contributed by atoms with van der Waals surface area (Å²) in [7, 11) is 0. The van der Waals surface area contributed by atoms with Gasteiger partial charge in [0.1, 0.15) is 5.82 Å². The Bertz CT molecular complexity index is 578. The van der Waals surface area contributed by atoms with Gasteiger partial charge in [-0.15, -0.1) is 0 Å². The molecule has 1 unspecified atom stereocenters. The number of aryl methyl sites for hydroxylation is 1. The molecule has 1 nitrogen and oxygen atoms in total. The highest BCUT2D eigenvalue weighted by molar-refractivity contribution is 6.31. The van der Waals surface area contributed by atoms with Crippen LogP contribution >= 0.6 is 23.2 Å². The summed E-state index contributed by atoms with van der Waals surface area (Å²) in [5.74, 6) is -0.387. The molecule has 0 aliphatic rings. The van der Waals surface area contributed by atoms with E-state index in [0.717, 1.165) is 11.1 Å². The van der Waals surface area contributed by atoms with Gasteiger partial charge in [0.25, 0.3) is 0 Å². The van der Waals surface area contributed by atoms with Crippen molar-refractivity contribution in [3.63, 3.8) is 0 Å². The molecule has 2 aromatic carbocycles. The molecule has 1 atom stereocenters. The topological polar surface area (TPSA) is 20.2 Å². The Morgan fingerprint density at radius 1 is 1.16 bits per heavy atom. The molecule has 0 amide bonds. The first-order chi connectivity index (χ1) is 8.95. The standard InChI is InChI=1S/C15H13Cl2FO/c1-9-4-11(6-12(16)5-9)15(19)7-10-2-3-13(18)8-14(10)17/h2-6,8,15,19H,7H2,1H3. The summed E-state index contributed by atoms with van der Waals surface area (Å²) in [6.45, 7) is 1.91. The van der Waals surface area contributed by atoms with Crippen molar-refractivity contribution < 1.29 is 9.50 Å². The summed E-state index contributed by atoms with van der Waals surface area (Å²) < 4.78 is 12.9. The number of aliphatic hydroxyl groups is 1. The first-order valence-electron chi connectivity index (χ1n) is 5.85. The van der Waals surface area contributed by atoms with Crippen molar-refractivity contribution in [3.05, 3.63) is 69.0 Å². The Hall–Kier alpha value is -1.09. The minimum atomic E-state index is -0.722. The van der Waals surface area contributed by atoms with Crippen LogP contribution in [0.5, 0.6) is 0 Å². The lowest BCUT2D eigenvalue weighted by molar-refractivity contribution is 0.178. The minimum Gasteiger partial charge on any atom is -0.388 e. The van der Waals surface area contributed by atoms with Gasteiger partial charge in [-0.3, -0.25) is 0 Å². The van der Waals surface area contributed by atoms with Gasteiger partial charge in [-0.1, -0.05) is 35.3 Å². The quantitative estimate of drug-likeness (QED) is 0.869. The maximum Gasteiger partial charge on any atom is 0.124 e. The van der Waals surface area contributed by atoms with Crippen molar-refractivity contribution in [3.8, 4) is 0 Å². The molecule has 0 fully saturated rings. The highest BCUT2D eigenvalue weighted by Crippen LogP contribution is 2.26. The zero-order valence-electron chi connectivity index (χ0n) is 10.3. The molecule has 0 bridgehead atoms. The van der Waals surface area contributed by atoms with E-state index in [4.69, 9.17) is 23.2 Å². The van der Waals surface area contributed by atoms with E-state index in [-0.39, 0.29) is 5.82 Å². The second-order valence-corrected chi connectivity index (χ2v) is 5.36. The molecule has 2 aromatic rings. The molecule has 100 valence electrons. The fourth-order valence-corrected chi connectivity index (χ4v) is 2.51. The lowest BCUT2D eigenvalue weighted by atomic mass is 10.00. The molecular weight excluding hydrogens is 286 g/mol. The summed E-state index contributed by atoms with van der Waals surface area (Å²) in [4.78, 5) is 0. The zero-order chi connectivity index (χ0) is 14.0. The maximum absolute atomic E-state index is 12.9. The Labute approximate surface area is 121 Å². The fraction of sp³-hybridized carbons (Fsp3) is 0.200. The van der Waals surface area contributed by atoms with Gasteiger partial charge in [-0.05, 0) is 47.9 Å². The van der Waals surface area contributed by atoms with E-state index in [0.29, 0.717) is 22.0 Å². The first-order valence-corrected chi connectivity index (χ1v) is 6.60. The number of rotatable bonds is 3. The summed E-state index contributed by atoms with van der Waals surface area (Å²) in [5, 5.41) is 11.1. The smallest absolute Gasteiger partial charge is 0.124 e. The van der Waals surface area contributed by atoms with Gasteiger partial charge >= 0.3 is 0 Å². The van der Waals surface area contributed by atoms with Crippen molar-refractivity contribution in [1.29, 1.82) is 0 Å². The Kier molecular flexibility index (Phi) is 4.46. The Balaban J connectivity index is 2.22. The van der Waals surface area contributed by atoms with Crippen molar-refractivity contribution in [1.82, 2.24) is 0 Å². The highest BCUT2D eigenvalue weighted by Gasteiger charge is 2.12. The molecule has 0 aromatic heterocycles. The van der Waals surface area contributed by atoms with Crippen LogP contribution in [-0.2, 0) is 6.42 Å². The minimum absolute atomic E-state index is 0.317. The largest absolute Gasteiger partial charge is 0.388 e. The van der Waals surface area contributed by atoms with Gasteiger partial charge in [-0.25, -0.2) is 4.39 Å². The van der Waals surface area contributed by atoms with E-state index in [2.05, 4.69) is 0 Å². The van der Waals surface area contributed by atoms with Gasteiger partial charge in [0, 0.05) is 16.5 Å². The number of benzene rings is 2. The van der Waals surface area contributed by atoms with Crippen molar-refractivity contribution in [2.75, 3.05) is 0 Å². The average molecular weight is 299 g/mol. The monoisotopic (exact) mass is 298 g/mol. The summed E-state index contributed by atoms with van der Waals surface area (Å²) in [5.41, 5.74) is 2.41. The maximum atomic E-state index is 12.9. The van der Waals surface area contributed by atoms with Gasteiger partial charge in [0.05, 0.1) is 6.10 Å². The van der Waals surface area contributed by atoms with Crippen LogP contribution < -0.4 is 0 Å². The molecule has 1 N–H and O–H groups in total. The SMILES string of the molecule is Cc1cc(Cl)cc(C(O)Cc2ccc(F)cc2Cl)c1. The van der Waals surface area contributed by atoms with E-state index in [1.807, 2.05) is 19.1 Å². The molecule has 0 aliphatic carbocycles. The van der Waals surface area contributed by atoms with Gasteiger partial charge in [0.15, 0.2) is 0 Å². The number of halogens is 3. The normalized spacial score (nSPS) is 12.5. The van der Waals surface area contributed by atoms with E-state index < -0.39 is 6.10 Å². The van der Waals surface area contributed by atoms with Crippen LogP contribution in [0.15, 0.2) is 36.4 Å². The van der Waals surface area contributed by atoms with E-state index in [9.17, 15) is 9.50 Å². The molecule has 0 aliphatic heterocycles. The lowest BCUT2D eigenvalue weighted by Crippen LogP contribution is -2.03. The van der Waals surface area contributed by atoms with E-state index in [1.54, 1.807) is 12.1 Å². The molecule has 2 rings (SSSR count). The average Bonchev–Trinajstić information content (AvgIpc) is 2.31. The summed E-state index contributed by atoms with van der Waals surface area (Å²) in [6.07, 6.45) is -0.404. The van der Waals surface area contributed by atoms with Gasteiger partial charge < -0.3 is 5.11 Å². The van der Waals surface area contributed by atoms with Crippen LogP contribution in [-0.4, -0.2) is 5.11 Å². The number of hydrogen-bond donors (Lipinski definition) is 1. The third kappa shape index (κ3) is 3.69. The van der Waals surface area contributed by atoms with Crippen LogP contribution in [0.1, 0.15) is 22.8 Å². The molecular formula is C15H13Cl2FO. The van der Waals surface area contributed by atoms with Crippen molar-refractivity contribution in [2.24, 2.45) is 0 Å². The second-order valence-electron chi connectivity index (χ2n) is 4.52. The summed E-state index contributed by atoms with van der Waals surface area (Å²) in [6, 6.07) is 9.57. The van der Waals surface area contributed by atoms with Gasteiger partial charge in [-0.2, -0.15) is 0 Å². The van der Waals surface area contributed by atoms with Crippen LogP contribution in [0.2, 0.25) is 10.0 Å². The molecule has 0 radical (unpaired) electrons. The van der Waals surface area contributed by atoms with Crippen LogP contribution in [0.3, 0.4) is 0 Å². The predicted octanol–water partition coefficient (Wildman–Crippen LogP) is 4.72. The van der Waals surface area contributed by atoms with Crippen LogP contribution in [0.25, 0.3) is 0 Å². The van der Waals surface area contributed by atoms with E-state index in [1.165, 1.54) is 12.1 Å². The Morgan fingerprint density at radius 3 is 2.53 bits per heavy atom. The van der Waals surface area contributed by atoms with Crippen molar-refractivity contribution >= 4 is 23.2 Å². The number of hydrogen-bond acceptors (Lipinski definition) is 1. The lowest BCUT2D eigenvalue weighted by Gasteiger charge is -2.13. The fourth-order valence-electron chi connectivity index (χ4n) is 1.97. The van der Waals surface area contributed by atoms with Crippen molar-refractivity contribution in [2.45, 2.75) is 19.4 Å². The summed E-state index contributed by atoms with van der Waals surface area (Å²) >= 11 is 11.9. The first kappa shape index (κ1) is 14.3. The zero-order valence-corrected chi connectivity index (χ0v) is 11.8. The third-order valence-electron chi connectivity index (χ3n) is 2.88. The molecule has 0 spiro atoms. The predicted molar refractivity (Wildman–Crippen MR) is 76.3 cm³/mol. The van der Waals surface area contributed by atoms with Crippen LogP contribution in [0, 0.1) is 12.7 Å². The Morgan fingerprint density at radius 2 is 1.89 bits per heavy atom. The number of aliphatic hydroxyl groups excluding tert-OH is 1.